The predicted molar refractivity (Wildman–Crippen MR) is 70.2 cm³/mol. The van der Waals surface area contributed by atoms with Gasteiger partial charge in [0.2, 0.25) is 15.9 Å². The molecule has 1 aromatic rings. The number of amides is 1. The number of anilines is 1. The molecule has 0 saturated heterocycles. The zero-order valence-corrected chi connectivity index (χ0v) is 11.2. The van der Waals surface area contributed by atoms with Crippen LogP contribution in [0.4, 0.5) is 5.69 Å². The van der Waals surface area contributed by atoms with E-state index in [9.17, 15) is 13.2 Å². The van der Waals surface area contributed by atoms with Crippen LogP contribution in [-0.4, -0.2) is 39.9 Å². The third-order valence-electron chi connectivity index (χ3n) is 2.34. The van der Waals surface area contributed by atoms with Crippen molar-refractivity contribution < 1.29 is 13.2 Å². The van der Waals surface area contributed by atoms with E-state index in [1.807, 2.05) is 0 Å². The summed E-state index contributed by atoms with van der Waals surface area (Å²) in [5, 5.41) is 0. The molecule has 100 valence electrons. The van der Waals surface area contributed by atoms with Gasteiger partial charge in [-0.3, -0.25) is 4.79 Å². The zero-order chi connectivity index (χ0) is 13.8. The van der Waals surface area contributed by atoms with Crippen LogP contribution < -0.4 is 10.5 Å². The molecule has 0 aromatic heterocycles. The lowest BCUT2D eigenvalue weighted by Gasteiger charge is -2.12. The molecule has 1 amide bonds. The van der Waals surface area contributed by atoms with Gasteiger partial charge in [-0.25, -0.2) is 13.1 Å². The van der Waals surface area contributed by atoms with Crippen LogP contribution in [0.5, 0.6) is 0 Å². The Morgan fingerprint density at radius 1 is 1.33 bits per heavy atom. The summed E-state index contributed by atoms with van der Waals surface area (Å²) in [5.41, 5.74) is 6.60. The quantitative estimate of drug-likeness (QED) is 0.724. The second kappa shape index (κ2) is 5.83. The second-order valence-corrected chi connectivity index (χ2v) is 5.87. The first-order valence-electron chi connectivity index (χ1n) is 5.32. The summed E-state index contributed by atoms with van der Waals surface area (Å²) in [6.07, 6.45) is 0. The smallest absolute Gasteiger partial charge is 0.237 e. The lowest BCUT2D eigenvalue weighted by Crippen LogP contribution is -2.36. The minimum absolute atomic E-state index is 0.236. The standard InChI is InChI=1S/C11H17N3O3S/c1-14(2)11(15)7-13-18(16,17)8-9-5-3-4-6-10(9)12/h3-6,13H,7-8,12H2,1-2H3. The van der Waals surface area contributed by atoms with E-state index in [-0.39, 0.29) is 18.2 Å². The molecule has 0 bridgehead atoms. The first-order valence-corrected chi connectivity index (χ1v) is 6.98. The second-order valence-electron chi connectivity index (χ2n) is 4.07. The summed E-state index contributed by atoms with van der Waals surface area (Å²) in [7, 11) is -0.441. The van der Waals surface area contributed by atoms with Crippen molar-refractivity contribution in [2.45, 2.75) is 5.75 Å². The van der Waals surface area contributed by atoms with Gasteiger partial charge in [0.1, 0.15) is 0 Å². The maximum atomic E-state index is 11.7. The summed E-state index contributed by atoms with van der Waals surface area (Å²) < 4.78 is 25.7. The number of likely N-dealkylation sites (N-methyl/N-ethyl adjacent to an activating group) is 1. The SMILES string of the molecule is CN(C)C(=O)CNS(=O)(=O)Cc1ccccc1N. The Morgan fingerprint density at radius 3 is 2.50 bits per heavy atom. The number of hydrogen-bond donors (Lipinski definition) is 2. The number of benzene rings is 1. The number of sulfonamides is 1. The summed E-state index contributed by atoms with van der Waals surface area (Å²) in [6, 6.07) is 6.72. The van der Waals surface area contributed by atoms with Crippen molar-refractivity contribution in [3.05, 3.63) is 29.8 Å². The van der Waals surface area contributed by atoms with Gasteiger partial charge in [0, 0.05) is 19.8 Å². The molecule has 7 heteroatoms. The van der Waals surface area contributed by atoms with Crippen LogP contribution >= 0.6 is 0 Å². The molecule has 0 heterocycles. The number of nitrogens with two attached hydrogens (primary N) is 1. The van der Waals surface area contributed by atoms with Gasteiger partial charge >= 0.3 is 0 Å². The fourth-order valence-corrected chi connectivity index (χ4v) is 2.37. The van der Waals surface area contributed by atoms with E-state index in [1.54, 1.807) is 38.4 Å². The number of para-hydroxylation sites is 1. The van der Waals surface area contributed by atoms with Crippen LogP contribution in [-0.2, 0) is 20.6 Å². The van der Waals surface area contributed by atoms with E-state index in [0.29, 0.717) is 11.3 Å². The highest BCUT2D eigenvalue weighted by atomic mass is 32.2. The molecule has 6 nitrogen and oxygen atoms in total. The van der Waals surface area contributed by atoms with Crippen molar-refractivity contribution >= 4 is 21.6 Å². The maximum Gasteiger partial charge on any atom is 0.237 e. The summed E-state index contributed by atoms with van der Waals surface area (Å²) in [6.45, 7) is -0.248. The molecule has 0 radical (unpaired) electrons. The molecule has 1 aromatic carbocycles. The molecule has 0 atom stereocenters. The molecule has 0 aliphatic heterocycles. The molecular weight excluding hydrogens is 254 g/mol. The topological polar surface area (TPSA) is 92.5 Å². The van der Waals surface area contributed by atoms with Gasteiger partial charge < -0.3 is 10.6 Å². The average Bonchev–Trinajstić information content (AvgIpc) is 2.29. The van der Waals surface area contributed by atoms with E-state index < -0.39 is 10.0 Å². The Bertz CT molecular complexity index is 526. The van der Waals surface area contributed by atoms with Crippen molar-refractivity contribution in [2.24, 2.45) is 0 Å². The fraction of sp³-hybridized carbons (Fsp3) is 0.364. The molecular formula is C11H17N3O3S. The summed E-state index contributed by atoms with van der Waals surface area (Å²) in [5.74, 6) is -0.542. The van der Waals surface area contributed by atoms with Crippen LogP contribution in [0.2, 0.25) is 0 Å². The third kappa shape index (κ3) is 4.34. The van der Waals surface area contributed by atoms with Crippen LogP contribution in [0.3, 0.4) is 0 Å². The van der Waals surface area contributed by atoms with Gasteiger partial charge in [-0.15, -0.1) is 0 Å². The molecule has 0 fully saturated rings. The van der Waals surface area contributed by atoms with Gasteiger partial charge in [0.05, 0.1) is 12.3 Å². The van der Waals surface area contributed by atoms with Crippen molar-refractivity contribution in [1.82, 2.24) is 9.62 Å². The Balaban J connectivity index is 2.66. The number of nitrogens with zero attached hydrogens (tertiary/aromatic N) is 1. The molecule has 3 N–H and O–H groups in total. The number of rotatable bonds is 5. The third-order valence-corrected chi connectivity index (χ3v) is 3.62. The highest BCUT2D eigenvalue weighted by Crippen LogP contribution is 2.13. The Hall–Kier alpha value is -1.60. The van der Waals surface area contributed by atoms with Crippen LogP contribution in [0.1, 0.15) is 5.56 Å². The minimum Gasteiger partial charge on any atom is -0.398 e. The highest BCUT2D eigenvalue weighted by Gasteiger charge is 2.15. The van der Waals surface area contributed by atoms with Gasteiger partial charge in [-0.2, -0.15) is 0 Å². The number of carbonyl (C=O) groups is 1. The molecule has 0 unspecified atom stereocenters. The maximum absolute atomic E-state index is 11.7. The number of nitrogens with one attached hydrogen (secondary N) is 1. The van der Waals surface area contributed by atoms with Crippen LogP contribution in [0.15, 0.2) is 24.3 Å². The van der Waals surface area contributed by atoms with E-state index in [0.717, 1.165) is 0 Å². The van der Waals surface area contributed by atoms with Crippen LogP contribution in [0.25, 0.3) is 0 Å². The normalized spacial score (nSPS) is 11.2. The zero-order valence-electron chi connectivity index (χ0n) is 10.4. The Kier molecular flexibility index (Phi) is 4.69. The van der Waals surface area contributed by atoms with Gasteiger partial charge in [-0.1, -0.05) is 18.2 Å². The summed E-state index contributed by atoms with van der Waals surface area (Å²) >= 11 is 0. The molecule has 0 aliphatic rings. The molecule has 0 spiro atoms. The van der Waals surface area contributed by atoms with Gasteiger partial charge in [0.15, 0.2) is 0 Å². The van der Waals surface area contributed by atoms with E-state index in [2.05, 4.69) is 4.72 Å². The first kappa shape index (κ1) is 14.5. The van der Waals surface area contributed by atoms with E-state index in [1.165, 1.54) is 4.90 Å². The number of hydrogen-bond acceptors (Lipinski definition) is 4. The van der Waals surface area contributed by atoms with E-state index >= 15 is 0 Å². The van der Waals surface area contributed by atoms with Crippen molar-refractivity contribution in [3.8, 4) is 0 Å². The van der Waals surface area contributed by atoms with Crippen LogP contribution in [0, 0.1) is 0 Å². The largest absolute Gasteiger partial charge is 0.398 e. The minimum atomic E-state index is -3.56. The lowest BCUT2D eigenvalue weighted by atomic mass is 10.2. The number of carbonyl (C=O) groups excluding carboxylic acids is 1. The Labute approximate surface area is 107 Å². The number of nitrogen functional groups attached to an aromatic ring is 1. The van der Waals surface area contributed by atoms with Crippen molar-refractivity contribution in [3.63, 3.8) is 0 Å². The van der Waals surface area contributed by atoms with Crippen molar-refractivity contribution in [2.75, 3.05) is 26.4 Å². The Morgan fingerprint density at radius 2 is 1.94 bits per heavy atom. The van der Waals surface area contributed by atoms with Gasteiger partial charge in [0.25, 0.3) is 0 Å². The molecule has 1 rings (SSSR count). The molecule has 18 heavy (non-hydrogen) atoms. The molecule has 0 aliphatic carbocycles. The van der Waals surface area contributed by atoms with Gasteiger partial charge in [-0.05, 0) is 11.6 Å². The predicted octanol–water partition coefficient (Wildman–Crippen LogP) is -0.224. The molecule has 0 saturated carbocycles. The first-order chi connectivity index (χ1) is 8.32. The highest BCUT2D eigenvalue weighted by molar-refractivity contribution is 7.88. The van der Waals surface area contributed by atoms with Crippen molar-refractivity contribution in [1.29, 1.82) is 0 Å². The fourth-order valence-electron chi connectivity index (χ4n) is 1.25. The monoisotopic (exact) mass is 271 g/mol. The van der Waals surface area contributed by atoms with E-state index in [4.69, 9.17) is 5.73 Å². The average molecular weight is 271 g/mol. The lowest BCUT2D eigenvalue weighted by molar-refractivity contribution is -0.127. The summed E-state index contributed by atoms with van der Waals surface area (Å²) in [4.78, 5) is 12.6.